The molecule has 0 radical (unpaired) electrons. The summed E-state index contributed by atoms with van der Waals surface area (Å²) in [5, 5.41) is 0. The summed E-state index contributed by atoms with van der Waals surface area (Å²) in [6.07, 6.45) is 3.15. The Morgan fingerprint density at radius 2 is 2.25 bits per heavy atom. The second-order valence-corrected chi connectivity index (χ2v) is 1.39. The maximum absolute atomic E-state index is 3.80. The quantitative estimate of drug-likeness (QED) is 0.381. The maximum atomic E-state index is 3.80. The van der Waals surface area contributed by atoms with Crippen molar-refractivity contribution in [3.05, 3.63) is 12.3 Å². The Kier molecular flexibility index (Phi) is 3.76. The standard InChI is InChI=1S/C6H10N2/c1-4-7-5-8-6(2)3/h4-5H,2H2,1,3H3/b7-4-,8-5-. The number of hydrogen-bond donors (Lipinski definition) is 0. The molecule has 0 saturated heterocycles. The lowest BCUT2D eigenvalue weighted by Gasteiger charge is -1.78. The molecule has 0 N–H and O–H groups in total. The zero-order valence-electron chi connectivity index (χ0n) is 5.26. The normalized spacial score (nSPS) is 11.2. The van der Waals surface area contributed by atoms with Gasteiger partial charge in [0.15, 0.2) is 0 Å². The molecule has 0 aliphatic rings. The van der Waals surface area contributed by atoms with Crippen molar-refractivity contribution in [2.45, 2.75) is 13.8 Å². The van der Waals surface area contributed by atoms with Crippen LogP contribution in [0.4, 0.5) is 0 Å². The molecule has 0 aromatic heterocycles. The number of allylic oxidation sites excluding steroid dienone is 1. The summed E-state index contributed by atoms with van der Waals surface area (Å²) in [6.45, 7) is 7.21. The number of hydrogen-bond acceptors (Lipinski definition) is 1. The minimum atomic E-state index is 0.774. The number of rotatable bonds is 2. The summed E-state index contributed by atoms with van der Waals surface area (Å²) >= 11 is 0. The molecule has 0 aromatic carbocycles. The lowest BCUT2D eigenvalue weighted by atomic mass is 10.6. The lowest BCUT2D eigenvalue weighted by molar-refractivity contribution is 1.33. The van der Waals surface area contributed by atoms with Crippen molar-refractivity contribution < 1.29 is 0 Å². The first kappa shape index (κ1) is 7.08. The van der Waals surface area contributed by atoms with E-state index in [0.717, 1.165) is 5.70 Å². The zero-order valence-corrected chi connectivity index (χ0v) is 5.26. The molecule has 0 aliphatic heterocycles. The minimum Gasteiger partial charge on any atom is -0.250 e. The van der Waals surface area contributed by atoms with Crippen LogP contribution < -0.4 is 0 Å². The first-order valence-corrected chi connectivity index (χ1v) is 2.43. The fourth-order valence-corrected chi connectivity index (χ4v) is 0.199. The van der Waals surface area contributed by atoms with Gasteiger partial charge in [-0.15, -0.1) is 0 Å². The van der Waals surface area contributed by atoms with Crippen molar-refractivity contribution >= 4 is 12.6 Å². The van der Waals surface area contributed by atoms with Crippen LogP contribution in [0.2, 0.25) is 0 Å². The topological polar surface area (TPSA) is 24.7 Å². The van der Waals surface area contributed by atoms with Crippen molar-refractivity contribution in [2.24, 2.45) is 9.98 Å². The molecule has 44 valence electrons. The summed E-state index contributed by atoms with van der Waals surface area (Å²) in [5.41, 5.74) is 0.774. The Bertz CT molecular complexity index is 122. The second-order valence-electron chi connectivity index (χ2n) is 1.39. The van der Waals surface area contributed by atoms with E-state index in [1.54, 1.807) is 6.21 Å². The SMILES string of the molecule is C=C(C)/N=C\N=C/C. The highest BCUT2D eigenvalue weighted by atomic mass is 14.8. The van der Waals surface area contributed by atoms with Gasteiger partial charge in [-0.05, 0) is 13.8 Å². The Balaban J connectivity index is 3.50. The van der Waals surface area contributed by atoms with Gasteiger partial charge in [-0.1, -0.05) is 6.58 Å². The molecule has 0 saturated carbocycles. The fraction of sp³-hybridized carbons (Fsp3) is 0.333. The van der Waals surface area contributed by atoms with Crippen LogP contribution in [-0.4, -0.2) is 12.6 Å². The Hall–Kier alpha value is -0.920. The average Bonchev–Trinajstić information content (AvgIpc) is 1.66. The second kappa shape index (κ2) is 4.24. The molecule has 0 bridgehead atoms. The van der Waals surface area contributed by atoms with Gasteiger partial charge in [-0.3, -0.25) is 0 Å². The molecule has 2 heteroatoms. The van der Waals surface area contributed by atoms with E-state index >= 15 is 0 Å². The van der Waals surface area contributed by atoms with Gasteiger partial charge in [-0.2, -0.15) is 0 Å². The Morgan fingerprint density at radius 3 is 2.62 bits per heavy atom. The fourth-order valence-electron chi connectivity index (χ4n) is 0.199. The zero-order chi connectivity index (χ0) is 6.41. The van der Waals surface area contributed by atoms with Crippen LogP contribution in [-0.2, 0) is 0 Å². The molecule has 0 unspecified atom stereocenters. The molecule has 0 aliphatic carbocycles. The van der Waals surface area contributed by atoms with Crippen LogP contribution in [0.3, 0.4) is 0 Å². The van der Waals surface area contributed by atoms with Gasteiger partial charge in [0.1, 0.15) is 6.34 Å². The molecular formula is C6H10N2. The molecule has 0 spiro atoms. The third-order valence-corrected chi connectivity index (χ3v) is 0.494. The van der Waals surface area contributed by atoms with Gasteiger partial charge >= 0.3 is 0 Å². The summed E-state index contributed by atoms with van der Waals surface area (Å²) in [4.78, 5) is 7.53. The molecule has 0 rings (SSSR count). The van der Waals surface area contributed by atoms with E-state index in [-0.39, 0.29) is 0 Å². The van der Waals surface area contributed by atoms with Crippen molar-refractivity contribution in [3.63, 3.8) is 0 Å². The van der Waals surface area contributed by atoms with Crippen molar-refractivity contribution in [3.8, 4) is 0 Å². The van der Waals surface area contributed by atoms with E-state index in [4.69, 9.17) is 0 Å². The maximum Gasteiger partial charge on any atom is 0.115 e. The number of nitrogens with zero attached hydrogens (tertiary/aromatic N) is 2. The summed E-state index contributed by atoms with van der Waals surface area (Å²) in [6, 6.07) is 0. The summed E-state index contributed by atoms with van der Waals surface area (Å²) in [7, 11) is 0. The molecule has 0 heterocycles. The van der Waals surface area contributed by atoms with Crippen molar-refractivity contribution in [1.82, 2.24) is 0 Å². The van der Waals surface area contributed by atoms with Crippen LogP contribution in [0.25, 0.3) is 0 Å². The van der Waals surface area contributed by atoms with E-state index in [0.29, 0.717) is 0 Å². The largest absolute Gasteiger partial charge is 0.250 e. The van der Waals surface area contributed by atoms with E-state index in [2.05, 4.69) is 16.6 Å². The highest BCUT2D eigenvalue weighted by Crippen LogP contribution is 1.83. The van der Waals surface area contributed by atoms with Gasteiger partial charge in [0.2, 0.25) is 0 Å². The van der Waals surface area contributed by atoms with Crippen molar-refractivity contribution in [2.75, 3.05) is 0 Å². The molecule has 2 nitrogen and oxygen atoms in total. The predicted molar refractivity (Wildman–Crippen MR) is 37.5 cm³/mol. The first-order chi connectivity index (χ1) is 3.77. The minimum absolute atomic E-state index is 0.774. The molecule has 0 aromatic rings. The third-order valence-electron chi connectivity index (χ3n) is 0.494. The van der Waals surface area contributed by atoms with E-state index in [1.165, 1.54) is 6.34 Å². The van der Waals surface area contributed by atoms with E-state index in [9.17, 15) is 0 Å². The summed E-state index contributed by atoms with van der Waals surface area (Å²) < 4.78 is 0. The van der Waals surface area contributed by atoms with E-state index < -0.39 is 0 Å². The summed E-state index contributed by atoms with van der Waals surface area (Å²) in [5.74, 6) is 0. The predicted octanol–water partition coefficient (Wildman–Crippen LogP) is 1.64. The van der Waals surface area contributed by atoms with Gasteiger partial charge in [-0.25, -0.2) is 9.98 Å². The van der Waals surface area contributed by atoms with Gasteiger partial charge in [0.05, 0.1) is 0 Å². The monoisotopic (exact) mass is 110 g/mol. The van der Waals surface area contributed by atoms with E-state index in [1.807, 2.05) is 13.8 Å². The van der Waals surface area contributed by atoms with Gasteiger partial charge in [0.25, 0.3) is 0 Å². The van der Waals surface area contributed by atoms with Crippen LogP contribution in [0, 0.1) is 0 Å². The highest BCUT2D eigenvalue weighted by molar-refractivity contribution is 5.70. The van der Waals surface area contributed by atoms with Crippen LogP contribution in [0.15, 0.2) is 22.3 Å². The van der Waals surface area contributed by atoms with Gasteiger partial charge in [0, 0.05) is 11.9 Å². The average molecular weight is 110 g/mol. The third kappa shape index (κ3) is 5.08. The highest BCUT2D eigenvalue weighted by Gasteiger charge is 1.67. The molecule has 0 atom stereocenters. The van der Waals surface area contributed by atoms with Crippen LogP contribution >= 0.6 is 0 Å². The molecule has 8 heavy (non-hydrogen) atoms. The van der Waals surface area contributed by atoms with Crippen LogP contribution in [0.1, 0.15) is 13.8 Å². The smallest absolute Gasteiger partial charge is 0.115 e. The molecule has 0 amide bonds. The first-order valence-electron chi connectivity index (χ1n) is 2.43. The molecule has 0 fully saturated rings. The Labute approximate surface area is 49.7 Å². The Morgan fingerprint density at radius 1 is 1.62 bits per heavy atom. The van der Waals surface area contributed by atoms with Gasteiger partial charge < -0.3 is 0 Å². The number of aliphatic imine (C=N–C) groups is 2. The van der Waals surface area contributed by atoms with Crippen LogP contribution in [0.5, 0.6) is 0 Å². The molecular weight excluding hydrogens is 100 g/mol. The lowest BCUT2D eigenvalue weighted by Crippen LogP contribution is -1.67. The van der Waals surface area contributed by atoms with Crippen molar-refractivity contribution in [1.29, 1.82) is 0 Å².